The summed E-state index contributed by atoms with van der Waals surface area (Å²) < 4.78 is 5.75. The van der Waals surface area contributed by atoms with Crippen molar-refractivity contribution in [3.63, 3.8) is 0 Å². The maximum Gasteiger partial charge on any atom is 0.220 e. The Bertz CT molecular complexity index is 455. The van der Waals surface area contributed by atoms with Gasteiger partial charge in [0, 0.05) is 35.3 Å². The highest BCUT2D eigenvalue weighted by molar-refractivity contribution is 7.09. The van der Waals surface area contributed by atoms with E-state index < -0.39 is 0 Å². The Balaban J connectivity index is 1.52. The van der Waals surface area contributed by atoms with Gasteiger partial charge in [-0.15, -0.1) is 11.3 Å². The Morgan fingerprint density at radius 3 is 3.16 bits per heavy atom. The molecule has 19 heavy (non-hydrogen) atoms. The number of thiophene rings is 1. The van der Waals surface area contributed by atoms with E-state index in [4.69, 9.17) is 4.74 Å². The maximum atomic E-state index is 12.1. The van der Waals surface area contributed by atoms with Crippen molar-refractivity contribution in [2.45, 2.75) is 45.3 Å². The Kier molecular flexibility index (Phi) is 3.39. The van der Waals surface area contributed by atoms with Crippen LogP contribution in [0.3, 0.4) is 0 Å². The van der Waals surface area contributed by atoms with Crippen LogP contribution in [0.5, 0.6) is 0 Å². The molecule has 1 aromatic rings. The summed E-state index contributed by atoms with van der Waals surface area (Å²) in [6.45, 7) is 5.24. The lowest BCUT2D eigenvalue weighted by Gasteiger charge is -2.54. The summed E-state index contributed by atoms with van der Waals surface area (Å²) in [5, 5.41) is 5.28. The van der Waals surface area contributed by atoms with Crippen LogP contribution in [0.2, 0.25) is 0 Å². The molecule has 0 unspecified atom stereocenters. The van der Waals surface area contributed by atoms with Crippen LogP contribution in [-0.4, -0.2) is 24.7 Å². The summed E-state index contributed by atoms with van der Waals surface area (Å²) in [4.78, 5) is 13.4. The van der Waals surface area contributed by atoms with Gasteiger partial charge in [0.05, 0.1) is 6.10 Å². The van der Waals surface area contributed by atoms with Gasteiger partial charge >= 0.3 is 0 Å². The number of ether oxygens (including phenoxy) is 1. The van der Waals surface area contributed by atoms with Crippen molar-refractivity contribution >= 4 is 17.2 Å². The molecule has 3 nitrogen and oxygen atoms in total. The van der Waals surface area contributed by atoms with Gasteiger partial charge < -0.3 is 10.1 Å². The Hall–Kier alpha value is -0.870. The number of hydrogen-bond acceptors (Lipinski definition) is 3. The standard InChI is InChI=1S/C15H21NO2S/c1-15(2)13(11-7-8-18-14(11)15)16-12(17)6-5-10-4-3-9-19-10/h3-4,9,11,13-14H,5-8H2,1-2H3,(H,16,17)/t11-,13-,14-/m1/s1. The van der Waals surface area contributed by atoms with E-state index in [0.29, 0.717) is 18.4 Å². The van der Waals surface area contributed by atoms with Crippen molar-refractivity contribution in [3.8, 4) is 0 Å². The average molecular weight is 279 g/mol. The Morgan fingerprint density at radius 1 is 1.58 bits per heavy atom. The molecule has 1 aliphatic heterocycles. The number of carbonyl (C=O) groups excluding carboxylic acids is 1. The number of amides is 1. The Labute approximate surface area is 118 Å². The van der Waals surface area contributed by atoms with Crippen molar-refractivity contribution in [1.29, 1.82) is 0 Å². The van der Waals surface area contributed by atoms with Gasteiger partial charge in [0.1, 0.15) is 0 Å². The summed E-state index contributed by atoms with van der Waals surface area (Å²) in [7, 11) is 0. The van der Waals surface area contributed by atoms with Gasteiger partial charge in [-0.1, -0.05) is 19.9 Å². The van der Waals surface area contributed by atoms with Gasteiger partial charge in [0.25, 0.3) is 0 Å². The predicted octanol–water partition coefficient (Wildman–Crippen LogP) is 2.61. The van der Waals surface area contributed by atoms with E-state index in [1.54, 1.807) is 11.3 Å². The first-order valence-corrected chi connectivity index (χ1v) is 7.90. The van der Waals surface area contributed by atoms with Crippen molar-refractivity contribution in [2.75, 3.05) is 6.61 Å². The zero-order valence-corrected chi connectivity index (χ0v) is 12.3. The third-order valence-electron chi connectivity index (χ3n) is 4.60. The molecule has 2 fully saturated rings. The second kappa shape index (κ2) is 4.91. The molecule has 3 atom stereocenters. The fourth-order valence-corrected chi connectivity index (χ4v) is 4.26. The molecule has 1 N–H and O–H groups in total. The van der Waals surface area contributed by atoms with Crippen LogP contribution in [-0.2, 0) is 16.0 Å². The number of nitrogens with one attached hydrogen (secondary N) is 1. The van der Waals surface area contributed by atoms with Crippen LogP contribution in [0.25, 0.3) is 0 Å². The highest BCUT2D eigenvalue weighted by Crippen LogP contribution is 2.52. The Morgan fingerprint density at radius 2 is 2.42 bits per heavy atom. The molecule has 3 rings (SSSR count). The minimum atomic E-state index is 0.0831. The smallest absolute Gasteiger partial charge is 0.220 e. The average Bonchev–Trinajstić information content (AvgIpc) is 3.03. The molecule has 1 saturated heterocycles. The molecule has 2 heterocycles. The van der Waals surface area contributed by atoms with E-state index in [2.05, 4.69) is 30.6 Å². The van der Waals surface area contributed by atoms with Crippen LogP contribution in [0, 0.1) is 11.3 Å². The SMILES string of the molecule is CC1(C)[C@H](NC(=O)CCc2cccs2)[C@H]2CCO[C@H]21. The van der Waals surface area contributed by atoms with Gasteiger partial charge in [-0.3, -0.25) is 4.79 Å². The van der Waals surface area contributed by atoms with Crippen LogP contribution in [0.15, 0.2) is 17.5 Å². The lowest BCUT2D eigenvalue weighted by molar-refractivity contribution is -0.137. The molecule has 104 valence electrons. The first-order valence-electron chi connectivity index (χ1n) is 7.02. The molecule has 0 radical (unpaired) electrons. The van der Waals surface area contributed by atoms with Gasteiger partial charge in [0.2, 0.25) is 5.91 Å². The van der Waals surface area contributed by atoms with Crippen LogP contribution < -0.4 is 5.32 Å². The van der Waals surface area contributed by atoms with Crippen LogP contribution in [0.4, 0.5) is 0 Å². The lowest BCUT2D eigenvalue weighted by atomic mass is 9.57. The molecule has 1 aromatic heterocycles. The van der Waals surface area contributed by atoms with Crippen LogP contribution in [0.1, 0.15) is 31.6 Å². The maximum absolute atomic E-state index is 12.1. The largest absolute Gasteiger partial charge is 0.377 e. The third-order valence-corrected chi connectivity index (χ3v) is 5.53. The van der Waals surface area contributed by atoms with Crippen molar-refractivity contribution < 1.29 is 9.53 Å². The number of rotatable bonds is 4. The lowest BCUT2D eigenvalue weighted by Crippen LogP contribution is -2.66. The van der Waals surface area contributed by atoms with Crippen molar-refractivity contribution in [1.82, 2.24) is 5.32 Å². The normalized spacial score (nSPS) is 31.6. The van der Waals surface area contributed by atoms with E-state index in [1.807, 2.05) is 6.07 Å². The van der Waals surface area contributed by atoms with E-state index >= 15 is 0 Å². The first-order chi connectivity index (χ1) is 9.09. The summed E-state index contributed by atoms with van der Waals surface area (Å²) in [6, 6.07) is 4.41. The quantitative estimate of drug-likeness (QED) is 0.920. The first kappa shape index (κ1) is 13.1. The minimum Gasteiger partial charge on any atom is -0.377 e. The number of fused-ring (bicyclic) bond motifs is 1. The highest BCUT2D eigenvalue weighted by atomic mass is 32.1. The fourth-order valence-electron chi connectivity index (χ4n) is 3.55. The second-order valence-electron chi connectivity index (χ2n) is 6.19. The van der Waals surface area contributed by atoms with E-state index in [-0.39, 0.29) is 17.4 Å². The zero-order chi connectivity index (χ0) is 13.5. The number of aryl methyl sites for hydroxylation is 1. The van der Waals surface area contributed by atoms with Gasteiger partial charge in [-0.2, -0.15) is 0 Å². The van der Waals surface area contributed by atoms with E-state index in [9.17, 15) is 4.79 Å². The third kappa shape index (κ3) is 2.32. The molecule has 2 aliphatic rings. The molecule has 0 aromatic carbocycles. The van der Waals surface area contributed by atoms with Gasteiger partial charge in [-0.25, -0.2) is 0 Å². The molecule has 0 bridgehead atoms. The van der Waals surface area contributed by atoms with Crippen molar-refractivity contribution in [2.24, 2.45) is 11.3 Å². The molecule has 4 heteroatoms. The minimum absolute atomic E-state index is 0.0831. The summed E-state index contributed by atoms with van der Waals surface area (Å²) >= 11 is 1.72. The monoisotopic (exact) mass is 279 g/mol. The molecule has 1 amide bonds. The molecular weight excluding hydrogens is 258 g/mol. The van der Waals surface area contributed by atoms with Gasteiger partial charge in [0.15, 0.2) is 0 Å². The zero-order valence-electron chi connectivity index (χ0n) is 11.5. The summed E-state index contributed by atoms with van der Waals surface area (Å²) in [5.74, 6) is 0.706. The molecule has 1 aliphatic carbocycles. The molecular formula is C15H21NO2S. The fraction of sp³-hybridized carbons (Fsp3) is 0.667. The number of hydrogen-bond donors (Lipinski definition) is 1. The summed E-state index contributed by atoms with van der Waals surface area (Å²) in [5.41, 5.74) is 0.0831. The van der Waals surface area contributed by atoms with Crippen LogP contribution >= 0.6 is 11.3 Å². The molecule has 0 spiro atoms. The topological polar surface area (TPSA) is 38.3 Å². The predicted molar refractivity (Wildman–Crippen MR) is 76.2 cm³/mol. The highest BCUT2D eigenvalue weighted by Gasteiger charge is 2.59. The van der Waals surface area contributed by atoms with E-state index in [0.717, 1.165) is 19.4 Å². The van der Waals surface area contributed by atoms with Crippen molar-refractivity contribution in [3.05, 3.63) is 22.4 Å². The molecule has 1 saturated carbocycles. The second-order valence-corrected chi connectivity index (χ2v) is 7.22. The van der Waals surface area contributed by atoms with E-state index in [1.165, 1.54) is 4.88 Å². The van der Waals surface area contributed by atoms with Gasteiger partial charge in [-0.05, 0) is 24.3 Å². The number of carbonyl (C=O) groups is 1. The summed E-state index contributed by atoms with van der Waals surface area (Å²) in [6.07, 6.45) is 2.87.